The fourth-order valence-corrected chi connectivity index (χ4v) is 0.717. The lowest BCUT2D eigenvalue weighted by Crippen LogP contribution is -1.99. The lowest BCUT2D eigenvalue weighted by atomic mass is 10.4. The largest absolute Gasteiger partial charge is 0.478 e. The topological polar surface area (TPSA) is 35.0 Å². The van der Waals surface area contributed by atoms with Gasteiger partial charge in [-0.3, -0.25) is 0 Å². The third kappa shape index (κ3) is 2.82. The molecule has 0 fully saturated rings. The van der Waals surface area contributed by atoms with Crippen LogP contribution in [0.5, 0.6) is 5.88 Å². The summed E-state index contributed by atoms with van der Waals surface area (Å²) < 4.78 is 17.6. The van der Waals surface area contributed by atoms with Crippen LogP contribution in [0.3, 0.4) is 0 Å². The van der Waals surface area contributed by atoms with Gasteiger partial charge in [0, 0.05) is 0 Å². The average Bonchev–Trinajstić information content (AvgIpc) is 2.05. The molecular weight excluding hydrogens is 159 g/mol. The standard InChI is InChI=1S/C8H11FN2O/c1-2-3-4-12-8-5-7(9)10-6-11-8/h5-6H,2-4H2,1H3. The summed E-state index contributed by atoms with van der Waals surface area (Å²) in [6, 6.07) is 1.18. The molecule has 1 aromatic heterocycles. The minimum Gasteiger partial charge on any atom is -0.478 e. The normalized spacial score (nSPS) is 9.83. The second-order valence-corrected chi connectivity index (χ2v) is 2.38. The highest BCUT2D eigenvalue weighted by Crippen LogP contribution is 2.05. The van der Waals surface area contributed by atoms with Crippen LogP contribution in [-0.4, -0.2) is 16.6 Å². The molecule has 1 heterocycles. The number of aromatic nitrogens is 2. The molecule has 0 aliphatic rings. The van der Waals surface area contributed by atoms with Gasteiger partial charge in [0.05, 0.1) is 12.7 Å². The van der Waals surface area contributed by atoms with Crippen molar-refractivity contribution in [3.63, 3.8) is 0 Å². The lowest BCUT2D eigenvalue weighted by molar-refractivity contribution is 0.294. The Morgan fingerprint density at radius 1 is 1.50 bits per heavy atom. The van der Waals surface area contributed by atoms with E-state index in [0.717, 1.165) is 19.2 Å². The first-order valence-electron chi connectivity index (χ1n) is 3.93. The van der Waals surface area contributed by atoms with Crippen molar-refractivity contribution in [2.75, 3.05) is 6.61 Å². The zero-order valence-electron chi connectivity index (χ0n) is 6.96. The van der Waals surface area contributed by atoms with Gasteiger partial charge >= 0.3 is 0 Å². The first-order chi connectivity index (χ1) is 5.83. The predicted octanol–water partition coefficient (Wildman–Crippen LogP) is 1.79. The van der Waals surface area contributed by atoms with E-state index in [2.05, 4.69) is 16.9 Å². The molecule has 3 nitrogen and oxygen atoms in total. The maximum Gasteiger partial charge on any atom is 0.219 e. The van der Waals surface area contributed by atoms with E-state index in [-0.39, 0.29) is 0 Å². The average molecular weight is 170 g/mol. The van der Waals surface area contributed by atoms with Crippen molar-refractivity contribution in [1.29, 1.82) is 0 Å². The Hall–Kier alpha value is -1.19. The molecule has 12 heavy (non-hydrogen) atoms. The van der Waals surface area contributed by atoms with Crippen molar-refractivity contribution in [2.24, 2.45) is 0 Å². The summed E-state index contributed by atoms with van der Waals surface area (Å²) in [5.74, 6) is -0.257. The van der Waals surface area contributed by atoms with Crippen molar-refractivity contribution in [3.8, 4) is 5.88 Å². The number of ether oxygens (including phenoxy) is 1. The van der Waals surface area contributed by atoms with Crippen LogP contribution >= 0.6 is 0 Å². The summed E-state index contributed by atoms with van der Waals surface area (Å²) >= 11 is 0. The molecule has 0 aliphatic carbocycles. The third-order valence-electron chi connectivity index (χ3n) is 1.36. The molecule has 0 unspecified atom stereocenters. The van der Waals surface area contributed by atoms with Crippen LogP contribution in [0.1, 0.15) is 19.8 Å². The fraction of sp³-hybridized carbons (Fsp3) is 0.500. The van der Waals surface area contributed by atoms with Gasteiger partial charge in [-0.25, -0.2) is 9.97 Å². The number of hydrogen-bond donors (Lipinski definition) is 0. The van der Waals surface area contributed by atoms with Crippen LogP contribution in [0.4, 0.5) is 4.39 Å². The highest BCUT2D eigenvalue weighted by Gasteiger charge is 1.96. The number of nitrogens with zero attached hydrogens (tertiary/aromatic N) is 2. The van der Waals surface area contributed by atoms with Crippen LogP contribution < -0.4 is 4.74 Å². The lowest BCUT2D eigenvalue weighted by Gasteiger charge is -2.02. The summed E-state index contributed by atoms with van der Waals surface area (Å²) in [5, 5.41) is 0. The number of unbranched alkanes of at least 4 members (excludes halogenated alkanes) is 1. The molecule has 66 valence electrons. The van der Waals surface area contributed by atoms with E-state index in [1.54, 1.807) is 0 Å². The number of hydrogen-bond acceptors (Lipinski definition) is 3. The molecule has 0 amide bonds. The summed E-state index contributed by atoms with van der Waals surface area (Å²) in [4.78, 5) is 7.05. The van der Waals surface area contributed by atoms with E-state index < -0.39 is 5.95 Å². The molecule has 0 aliphatic heterocycles. The zero-order chi connectivity index (χ0) is 8.81. The molecule has 1 aromatic rings. The van der Waals surface area contributed by atoms with Crippen LogP contribution in [0, 0.1) is 5.95 Å². The Balaban J connectivity index is 2.41. The summed E-state index contributed by atoms with van der Waals surface area (Å²) in [6.07, 6.45) is 3.15. The van der Waals surface area contributed by atoms with E-state index in [0.29, 0.717) is 12.5 Å². The van der Waals surface area contributed by atoms with E-state index >= 15 is 0 Å². The van der Waals surface area contributed by atoms with E-state index in [1.165, 1.54) is 6.07 Å². The SMILES string of the molecule is CCCCOc1cc(F)ncn1. The first kappa shape index (κ1) is 8.90. The molecule has 0 N–H and O–H groups in total. The van der Waals surface area contributed by atoms with E-state index in [1.807, 2.05) is 0 Å². The van der Waals surface area contributed by atoms with Gasteiger partial charge in [0.2, 0.25) is 11.8 Å². The molecule has 0 spiro atoms. The second-order valence-electron chi connectivity index (χ2n) is 2.38. The molecule has 0 saturated carbocycles. The number of rotatable bonds is 4. The Kier molecular flexibility index (Phi) is 3.44. The van der Waals surface area contributed by atoms with Crippen LogP contribution in [0.15, 0.2) is 12.4 Å². The minimum absolute atomic E-state index is 0.302. The van der Waals surface area contributed by atoms with Crippen molar-refractivity contribution >= 4 is 0 Å². The molecular formula is C8H11FN2O. The Labute approximate surface area is 70.6 Å². The Morgan fingerprint density at radius 3 is 3.00 bits per heavy atom. The highest BCUT2D eigenvalue weighted by atomic mass is 19.1. The molecule has 1 rings (SSSR count). The monoisotopic (exact) mass is 170 g/mol. The zero-order valence-corrected chi connectivity index (χ0v) is 6.96. The van der Waals surface area contributed by atoms with Crippen molar-refractivity contribution in [1.82, 2.24) is 9.97 Å². The van der Waals surface area contributed by atoms with Gasteiger partial charge in [0.15, 0.2) is 0 Å². The van der Waals surface area contributed by atoms with Crippen LogP contribution in [0.25, 0.3) is 0 Å². The van der Waals surface area contributed by atoms with Crippen LogP contribution in [0.2, 0.25) is 0 Å². The van der Waals surface area contributed by atoms with Gasteiger partial charge in [-0.15, -0.1) is 0 Å². The quantitative estimate of drug-likeness (QED) is 0.510. The van der Waals surface area contributed by atoms with Gasteiger partial charge in [-0.1, -0.05) is 13.3 Å². The van der Waals surface area contributed by atoms with Gasteiger partial charge < -0.3 is 4.74 Å². The van der Waals surface area contributed by atoms with Crippen molar-refractivity contribution in [3.05, 3.63) is 18.3 Å². The maximum atomic E-state index is 12.4. The third-order valence-corrected chi connectivity index (χ3v) is 1.36. The summed E-state index contributed by atoms with van der Waals surface area (Å²) in [7, 11) is 0. The Bertz CT molecular complexity index is 242. The molecule has 0 saturated heterocycles. The fourth-order valence-electron chi connectivity index (χ4n) is 0.717. The molecule has 0 bridgehead atoms. The van der Waals surface area contributed by atoms with Gasteiger partial charge in [0.1, 0.15) is 6.33 Å². The highest BCUT2D eigenvalue weighted by molar-refractivity contribution is 5.05. The summed E-state index contributed by atoms with van der Waals surface area (Å²) in [6.45, 7) is 2.64. The van der Waals surface area contributed by atoms with Crippen molar-refractivity contribution < 1.29 is 9.13 Å². The smallest absolute Gasteiger partial charge is 0.219 e. The molecule has 4 heteroatoms. The molecule has 0 aromatic carbocycles. The van der Waals surface area contributed by atoms with Gasteiger partial charge in [-0.2, -0.15) is 4.39 Å². The van der Waals surface area contributed by atoms with E-state index in [9.17, 15) is 4.39 Å². The number of halogens is 1. The maximum absolute atomic E-state index is 12.4. The Morgan fingerprint density at radius 2 is 2.33 bits per heavy atom. The van der Waals surface area contributed by atoms with E-state index in [4.69, 9.17) is 4.74 Å². The van der Waals surface area contributed by atoms with Gasteiger partial charge in [0.25, 0.3) is 0 Å². The molecule has 0 radical (unpaired) electrons. The van der Waals surface area contributed by atoms with Crippen molar-refractivity contribution in [2.45, 2.75) is 19.8 Å². The molecule has 0 atom stereocenters. The van der Waals surface area contributed by atoms with Gasteiger partial charge in [-0.05, 0) is 6.42 Å². The summed E-state index contributed by atoms with van der Waals surface area (Å²) in [5.41, 5.74) is 0. The second kappa shape index (κ2) is 4.64. The minimum atomic E-state index is -0.559. The first-order valence-corrected chi connectivity index (χ1v) is 3.93. The van der Waals surface area contributed by atoms with Crippen LogP contribution in [-0.2, 0) is 0 Å². The predicted molar refractivity (Wildman–Crippen MR) is 42.4 cm³/mol.